The smallest absolute Gasteiger partial charge is 0.305 e. The van der Waals surface area contributed by atoms with Crippen LogP contribution in [0.2, 0.25) is 19.6 Å². The molecule has 4 nitrogen and oxygen atoms in total. The number of carbonyl (C=O) groups excluding carboxylic acids is 1. The highest BCUT2D eigenvalue weighted by Crippen LogP contribution is 2.11. The van der Waals surface area contributed by atoms with Crippen molar-refractivity contribution in [2.75, 3.05) is 0 Å². The molecule has 0 unspecified atom stereocenters. The zero-order chi connectivity index (χ0) is 11.2. The van der Waals surface area contributed by atoms with Gasteiger partial charge in [-0.05, 0) is 26.1 Å². The van der Waals surface area contributed by atoms with Crippen LogP contribution < -0.4 is 0 Å². The monoisotopic (exact) mass is 234 g/mol. The molecule has 0 aliphatic carbocycles. The van der Waals surface area contributed by atoms with Gasteiger partial charge in [-0.15, -0.1) is 0 Å². The Morgan fingerprint density at radius 3 is 2.36 bits per heavy atom. The molecule has 0 aromatic carbocycles. The molecule has 0 atom stereocenters. The fraction of sp³-hybridized carbons (Fsp3) is 0.625. The third-order valence-corrected chi connectivity index (χ3v) is 2.22. The van der Waals surface area contributed by atoms with Crippen LogP contribution in [0.1, 0.15) is 13.3 Å². The number of carbonyl (C=O) groups is 1. The van der Waals surface area contributed by atoms with Crippen LogP contribution in [0.15, 0.2) is 11.4 Å². The summed E-state index contributed by atoms with van der Waals surface area (Å²) in [5.74, 6) is 0.730. The van der Waals surface area contributed by atoms with Gasteiger partial charge < -0.3 is 4.89 Å². The van der Waals surface area contributed by atoms with E-state index in [-0.39, 0.29) is 8.46 Å². The predicted octanol–water partition coefficient (Wildman–Crippen LogP) is 2.88. The fourth-order valence-corrected chi connectivity index (χ4v) is 1.31. The van der Waals surface area contributed by atoms with E-state index in [0.29, 0.717) is 12.0 Å². The maximum atomic E-state index is 11.3. The third kappa shape index (κ3) is 6.02. The van der Waals surface area contributed by atoms with E-state index in [9.17, 15) is 9.36 Å². The Morgan fingerprint density at radius 1 is 1.43 bits per heavy atom. The van der Waals surface area contributed by atoms with Gasteiger partial charge >= 0.3 is 5.97 Å². The van der Waals surface area contributed by atoms with Gasteiger partial charge in [0.15, 0.2) is 8.46 Å². The van der Waals surface area contributed by atoms with E-state index >= 15 is 0 Å². The van der Waals surface area contributed by atoms with Crippen molar-refractivity contribution in [2.45, 2.75) is 33.0 Å². The maximum Gasteiger partial charge on any atom is 0.368 e. The van der Waals surface area contributed by atoms with Crippen molar-refractivity contribution in [1.29, 1.82) is 0 Å². The molecule has 0 spiro atoms. The summed E-state index contributed by atoms with van der Waals surface area (Å²) in [6.45, 7) is 7.50. The Bertz CT molecular complexity index is 244. The molecule has 0 saturated carbocycles. The van der Waals surface area contributed by atoms with E-state index in [1.807, 2.05) is 19.6 Å². The lowest BCUT2D eigenvalue weighted by molar-refractivity contribution is -0.214. The average Bonchev–Trinajstić information content (AvgIpc) is 2.09. The second-order valence-electron chi connectivity index (χ2n) is 3.68. The fourth-order valence-electron chi connectivity index (χ4n) is 0.568. The van der Waals surface area contributed by atoms with Crippen LogP contribution in [-0.4, -0.2) is 14.3 Å². The van der Waals surface area contributed by atoms with E-state index in [1.165, 1.54) is 5.82 Å². The van der Waals surface area contributed by atoms with Gasteiger partial charge in [-0.1, -0.05) is 6.92 Å². The Kier molecular flexibility index (Phi) is 5.84. The highest BCUT2D eigenvalue weighted by atomic mass is 31.1. The van der Waals surface area contributed by atoms with E-state index in [0.717, 1.165) is 0 Å². The molecule has 0 N–H and O–H groups in total. The first kappa shape index (κ1) is 13.5. The largest absolute Gasteiger partial charge is 0.368 e. The first-order valence-electron chi connectivity index (χ1n) is 4.32. The van der Waals surface area contributed by atoms with Crippen molar-refractivity contribution < 1.29 is 18.8 Å². The van der Waals surface area contributed by atoms with Crippen molar-refractivity contribution in [1.82, 2.24) is 0 Å². The van der Waals surface area contributed by atoms with Crippen molar-refractivity contribution in [3.8, 4) is 0 Å². The minimum absolute atomic E-state index is 0.195. The van der Waals surface area contributed by atoms with Crippen LogP contribution in [0, 0.1) is 0 Å². The van der Waals surface area contributed by atoms with Crippen LogP contribution >= 0.6 is 8.46 Å². The van der Waals surface area contributed by atoms with Gasteiger partial charge in [0.05, 0.1) is 0 Å². The Morgan fingerprint density at radius 2 is 2.00 bits per heavy atom. The van der Waals surface area contributed by atoms with Crippen molar-refractivity contribution in [3.05, 3.63) is 11.4 Å². The molecule has 6 heteroatoms. The summed E-state index contributed by atoms with van der Waals surface area (Å²) in [4.78, 5) is 15.9. The standard InChI is InChI=1S/C8H15O4PSi/c1-5-7(6-13-10)8(9)11-12-14(2,3)4/h6H,5H2,1-4H3. The lowest BCUT2D eigenvalue weighted by Crippen LogP contribution is -2.27. The molecule has 0 radical (unpaired) electrons. The Balaban J connectivity index is 4.20. The van der Waals surface area contributed by atoms with E-state index in [2.05, 4.69) is 4.89 Å². The molecule has 0 rings (SSSR count). The second kappa shape index (κ2) is 6.06. The van der Waals surface area contributed by atoms with Gasteiger partial charge in [-0.3, -0.25) is 4.57 Å². The molecular weight excluding hydrogens is 219 g/mol. The molecule has 0 aromatic rings. The molecule has 0 fully saturated rings. The first-order chi connectivity index (χ1) is 6.40. The summed E-state index contributed by atoms with van der Waals surface area (Å²) in [7, 11) is -2.05. The zero-order valence-electron chi connectivity index (χ0n) is 8.86. The molecule has 0 amide bonds. The quantitative estimate of drug-likeness (QED) is 0.241. The van der Waals surface area contributed by atoms with E-state index in [4.69, 9.17) is 4.58 Å². The lowest BCUT2D eigenvalue weighted by Gasteiger charge is -2.14. The van der Waals surface area contributed by atoms with Crippen molar-refractivity contribution in [2.24, 2.45) is 0 Å². The summed E-state index contributed by atoms with van der Waals surface area (Å²) in [5, 5.41) is 0. The Hall–Kier alpha value is -0.513. The van der Waals surface area contributed by atoms with Crippen LogP contribution in [0.25, 0.3) is 0 Å². The number of rotatable bonds is 5. The van der Waals surface area contributed by atoms with Crippen LogP contribution in [0.3, 0.4) is 0 Å². The average molecular weight is 234 g/mol. The molecule has 0 aromatic heterocycles. The molecular formula is C8H15O4PSi. The van der Waals surface area contributed by atoms with Crippen LogP contribution in [0.4, 0.5) is 0 Å². The first-order valence-corrected chi connectivity index (χ1v) is 8.61. The molecule has 0 aliphatic rings. The lowest BCUT2D eigenvalue weighted by atomic mass is 10.2. The molecule has 0 aliphatic heterocycles. The highest BCUT2D eigenvalue weighted by Gasteiger charge is 2.20. The minimum Gasteiger partial charge on any atom is -0.305 e. The van der Waals surface area contributed by atoms with E-state index < -0.39 is 14.3 Å². The normalized spacial score (nSPS) is 13.0. The van der Waals surface area contributed by atoms with Gasteiger partial charge in [0, 0.05) is 11.4 Å². The predicted molar refractivity (Wildman–Crippen MR) is 56.5 cm³/mol. The summed E-state index contributed by atoms with van der Waals surface area (Å²) in [6.07, 6.45) is 0.475. The summed E-state index contributed by atoms with van der Waals surface area (Å²) < 4.78 is 15.2. The maximum absolute atomic E-state index is 11.3. The van der Waals surface area contributed by atoms with E-state index in [1.54, 1.807) is 6.92 Å². The van der Waals surface area contributed by atoms with Gasteiger partial charge in [0.25, 0.3) is 0 Å². The molecule has 0 saturated heterocycles. The summed E-state index contributed by atoms with van der Waals surface area (Å²) in [6, 6.07) is 0. The van der Waals surface area contributed by atoms with Gasteiger partial charge in [-0.25, -0.2) is 9.37 Å². The van der Waals surface area contributed by atoms with Crippen molar-refractivity contribution >= 4 is 22.7 Å². The molecule has 14 heavy (non-hydrogen) atoms. The van der Waals surface area contributed by atoms with Crippen LogP contribution in [0.5, 0.6) is 0 Å². The molecule has 0 bridgehead atoms. The number of hydrogen-bond acceptors (Lipinski definition) is 4. The minimum atomic E-state index is -1.85. The van der Waals surface area contributed by atoms with Crippen molar-refractivity contribution in [3.63, 3.8) is 0 Å². The summed E-state index contributed by atoms with van der Waals surface area (Å²) in [5.41, 5.74) is 0.361. The summed E-state index contributed by atoms with van der Waals surface area (Å²) >= 11 is 0. The highest BCUT2D eigenvalue weighted by molar-refractivity contribution is 7.27. The topological polar surface area (TPSA) is 52.6 Å². The van der Waals surface area contributed by atoms with Crippen LogP contribution in [-0.2, 0) is 18.8 Å². The van der Waals surface area contributed by atoms with Gasteiger partial charge in [0.1, 0.15) is 0 Å². The third-order valence-electron chi connectivity index (χ3n) is 1.22. The SMILES string of the molecule is CCC(=CP=O)C(=O)OO[Si](C)(C)C. The Labute approximate surface area is 86.5 Å². The molecule has 80 valence electrons. The number of hydrogen-bond donors (Lipinski definition) is 0. The molecule has 0 heterocycles. The van der Waals surface area contributed by atoms with Gasteiger partial charge in [-0.2, -0.15) is 0 Å². The second-order valence-corrected chi connectivity index (χ2v) is 8.54. The van der Waals surface area contributed by atoms with Gasteiger partial charge in [0.2, 0.25) is 8.32 Å². The zero-order valence-corrected chi connectivity index (χ0v) is 10.8.